The highest BCUT2D eigenvalue weighted by atomic mass is 32.2. The zero-order valence-corrected chi connectivity index (χ0v) is 12.3. The molecule has 2 aromatic heterocycles. The van der Waals surface area contributed by atoms with Crippen LogP contribution in [0.15, 0.2) is 60.9 Å². The maximum Gasteiger partial charge on any atom is 0.534 e. The maximum atomic E-state index is 12.5. The standard InChI is InChI=1S/C15H10F3NO3S/c16-15(17,18)23(20,21)22-14-9-12(11-5-2-1-3-6-11)10-19-8-4-7-13(14)19/h1-10H. The first-order valence-electron chi connectivity index (χ1n) is 6.45. The average Bonchev–Trinajstić information content (AvgIpc) is 2.95. The fourth-order valence-corrected chi connectivity index (χ4v) is 2.60. The van der Waals surface area contributed by atoms with E-state index in [1.807, 2.05) is 0 Å². The Labute approximate surface area is 129 Å². The predicted molar refractivity (Wildman–Crippen MR) is 78.4 cm³/mol. The number of hydrogen-bond donors (Lipinski definition) is 0. The summed E-state index contributed by atoms with van der Waals surface area (Å²) in [5.41, 5.74) is -4.02. The SMILES string of the molecule is O=S(=O)(Oc1cc(-c2ccccc2)cn2cccc12)C(F)(F)F. The Balaban J connectivity index is 2.15. The van der Waals surface area contributed by atoms with Crippen LogP contribution in [0, 0.1) is 0 Å². The van der Waals surface area contributed by atoms with Gasteiger partial charge >= 0.3 is 15.6 Å². The van der Waals surface area contributed by atoms with Crippen LogP contribution in [0.5, 0.6) is 5.75 Å². The van der Waals surface area contributed by atoms with Gasteiger partial charge in [0.25, 0.3) is 0 Å². The first-order chi connectivity index (χ1) is 10.8. The second kappa shape index (κ2) is 5.31. The van der Waals surface area contributed by atoms with Crippen molar-refractivity contribution in [1.29, 1.82) is 0 Å². The van der Waals surface area contributed by atoms with Crippen LogP contribution in [0.2, 0.25) is 0 Å². The second-order valence-electron chi connectivity index (χ2n) is 4.74. The molecule has 0 aliphatic rings. The molecule has 8 heteroatoms. The summed E-state index contributed by atoms with van der Waals surface area (Å²) in [6.45, 7) is 0. The van der Waals surface area contributed by atoms with Gasteiger partial charge < -0.3 is 8.58 Å². The molecule has 0 unspecified atom stereocenters. The summed E-state index contributed by atoms with van der Waals surface area (Å²) >= 11 is 0. The number of alkyl halides is 3. The van der Waals surface area contributed by atoms with E-state index in [4.69, 9.17) is 0 Å². The lowest BCUT2D eigenvalue weighted by Crippen LogP contribution is -2.28. The Morgan fingerprint density at radius 1 is 0.957 bits per heavy atom. The topological polar surface area (TPSA) is 47.8 Å². The van der Waals surface area contributed by atoms with E-state index >= 15 is 0 Å². The van der Waals surface area contributed by atoms with E-state index in [-0.39, 0.29) is 11.3 Å². The van der Waals surface area contributed by atoms with Gasteiger partial charge in [-0.2, -0.15) is 21.6 Å². The van der Waals surface area contributed by atoms with E-state index in [1.54, 1.807) is 48.8 Å². The van der Waals surface area contributed by atoms with Crippen LogP contribution < -0.4 is 4.18 Å². The summed E-state index contributed by atoms with van der Waals surface area (Å²) in [5, 5.41) is 0. The van der Waals surface area contributed by atoms with Crippen LogP contribution in [0.4, 0.5) is 13.2 Å². The molecule has 1 aromatic carbocycles. The minimum Gasteiger partial charge on any atom is -0.374 e. The first kappa shape index (κ1) is 15.4. The van der Waals surface area contributed by atoms with Gasteiger partial charge in [0, 0.05) is 18.0 Å². The predicted octanol–water partition coefficient (Wildman–Crippen LogP) is 3.83. The number of rotatable bonds is 3. The number of pyridine rings is 1. The van der Waals surface area contributed by atoms with Crippen molar-refractivity contribution in [1.82, 2.24) is 4.40 Å². The molecule has 2 heterocycles. The summed E-state index contributed by atoms with van der Waals surface area (Å²) in [6, 6.07) is 13.2. The van der Waals surface area contributed by atoms with Gasteiger partial charge in [0.2, 0.25) is 0 Å². The van der Waals surface area contributed by atoms with E-state index in [9.17, 15) is 21.6 Å². The molecule has 0 aliphatic carbocycles. The van der Waals surface area contributed by atoms with E-state index < -0.39 is 15.6 Å². The van der Waals surface area contributed by atoms with Crippen molar-refractivity contribution in [3.8, 4) is 16.9 Å². The number of fused-ring (bicyclic) bond motifs is 1. The Kier molecular flexibility index (Phi) is 3.56. The molecule has 3 aromatic rings. The Morgan fingerprint density at radius 3 is 2.30 bits per heavy atom. The fraction of sp³-hybridized carbons (Fsp3) is 0.0667. The molecule has 0 aliphatic heterocycles. The monoisotopic (exact) mass is 341 g/mol. The van der Waals surface area contributed by atoms with E-state index in [2.05, 4.69) is 4.18 Å². The molecule has 120 valence electrons. The minimum absolute atomic E-state index is 0.220. The minimum atomic E-state index is -5.73. The van der Waals surface area contributed by atoms with Gasteiger partial charge in [-0.1, -0.05) is 30.3 Å². The molecule has 0 amide bonds. The van der Waals surface area contributed by atoms with Gasteiger partial charge in [-0.15, -0.1) is 0 Å². The first-order valence-corrected chi connectivity index (χ1v) is 7.86. The van der Waals surface area contributed by atoms with Gasteiger partial charge in [0.05, 0.1) is 5.52 Å². The van der Waals surface area contributed by atoms with Crippen LogP contribution in [0.1, 0.15) is 0 Å². The molecular weight excluding hydrogens is 331 g/mol. The zero-order chi connectivity index (χ0) is 16.7. The van der Waals surface area contributed by atoms with Gasteiger partial charge in [0.15, 0.2) is 5.75 Å². The number of benzene rings is 1. The highest BCUT2D eigenvalue weighted by Gasteiger charge is 2.48. The molecule has 0 bridgehead atoms. The van der Waals surface area contributed by atoms with Crippen molar-refractivity contribution in [3.05, 3.63) is 60.9 Å². The van der Waals surface area contributed by atoms with Crippen LogP contribution >= 0.6 is 0 Å². The number of aromatic nitrogens is 1. The van der Waals surface area contributed by atoms with Crippen molar-refractivity contribution in [2.45, 2.75) is 5.51 Å². The van der Waals surface area contributed by atoms with Gasteiger partial charge in [-0.25, -0.2) is 0 Å². The highest BCUT2D eigenvalue weighted by Crippen LogP contribution is 2.33. The molecular formula is C15H10F3NO3S. The molecule has 23 heavy (non-hydrogen) atoms. The summed E-state index contributed by atoms with van der Waals surface area (Å²) in [6.07, 6.45) is 3.27. The van der Waals surface area contributed by atoms with Crippen LogP contribution in [0.3, 0.4) is 0 Å². The van der Waals surface area contributed by atoms with Gasteiger partial charge in [-0.3, -0.25) is 0 Å². The average molecular weight is 341 g/mol. The van der Waals surface area contributed by atoms with Crippen LogP contribution in [-0.4, -0.2) is 18.3 Å². The smallest absolute Gasteiger partial charge is 0.374 e. The normalized spacial score (nSPS) is 12.5. The summed E-state index contributed by atoms with van der Waals surface area (Å²) in [4.78, 5) is 0. The largest absolute Gasteiger partial charge is 0.534 e. The fourth-order valence-electron chi connectivity index (χ4n) is 2.14. The van der Waals surface area contributed by atoms with Crippen molar-refractivity contribution < 1.29 is 25.8 Å². The van der Waals surface area contributed by atoms with E-state index in [1.165, 1.54) is 16.5 Å². The lowest BCUT2D eigenvalue weighted by Gasteiger charge is -2.12. The van der Waals surface area contributed by atoms with Crippen molar-refractivity contribution in [2.24, 2.45) is 0 Å². The van der Waals surface area contributed by atoms with Gasteiger partial charge in [0.1, 0.15) is 0 Å². The molecule has 0 atom stereocenters. The molecule has 0 fully saturated rings. The van der Waals surface area contributed by atoms with Crippen LogP contribution in [-0.2, 0) is 10.1 Å². The summed E-state index contributed by atoms with van der Waals surface area (Å²) in [5.74, 6) is -0.381. The Hall–Kier alpha value is -2.48. The zero-order valence-electron chi connectivity index (χ0n) is 11.5. The van der Waals surface area contributed by atoms with Gasteiger partial charge in [-0.05, 0) is 23.8 Å². The van der Waals surface area contributed by atoms with E-state index in [0.717, 1.165) is 5.56 Å². The number of hydrogen-bond acceptors (Lipinski definition) is 3. The number of halogens is 3. The van der Waals surface area contributed by atoms with Crippen LogP contribution in [0.25, 0.3) is 16.6 Å². The lowest BCUT2D eigenvalue weighted by atomic mass is 10.1. The molecule has 0 N–H and O–H groups in total. The lowest BCUT2D eigenvalue weighted by molar-refractivity contribution is -0.0499. The van der Waals surface area contributed by atoms with Crippen molar-refractivity contribution >= 4 is 15.6 Å². The molecule has 0 saturated heterocycles. The molecule has 0 saturated carbocycles. The Morgan fingerprint density at radius 2 is 1.65 bits per heavy atom. The maximum absolute atomic E-state index is 12.5. The third-order valence-corrected chi connectivity index (χ3v) is 4.15. The third-order valence-electron chi connectivity index (χ3n) is 3.19. The van der Waals surface area contributed by atoms with Crippen molar-refractivity contribution in [3.63, 3.8) is 0 Å². The number of nitrogens with zero attached hydrogens (tertiary/aromatic N) is 1. The molecule has 0 radical (unpaired) electrons. The summed E-state index contributed by atoms with van der Waals surface area (Å²) in [7, 11) is -5.73. The summed E-state index contributed by atoms with van der Waals surface area (Å²) < 4.78 is 66.0. The molecule has 3 rings (SSSR count). The quantitative estimate of drug-likeness (QED) is 0.537. The molecule has 4 nitrogen and oxygen atoms in total. The molecule has 0 spiro atoms. The Bertz CT molecular complexity index is 947. The van der Waals surface area contributed by atoms with E-state index in [0.29, 0.717) is 5.56 Å². The van der Waals surface area contributed by atoms with Crippen molar-refractivity contribution in [2.75, 3.05) is 0 Å². The third kappa shape index (κ3) is 2.89. The second-order valence-corrected chi connectivity index (χ2v) is 6.28. The highest BCUT2D eigenvalue weighted by molar-refractivity contribution is 7.88.